The van der Waals surface area contributed by atoms with Crippen molar-refractivity contribution in [2.45, 2.75) is 109 Å². The minimum absolute atomic E-state index is 0.0296. The Balaban J connectivity index is 1.54. The zero-order valence-electron chi connectivity index (χ0n) is 19.7. The van der Waals surface area contributed by atoms with Crippen molar-refractivity contribution >= 4 is 30.8 Å². The van der Waals surface area contributed by atoms with Crippen molar-refractivity contribution in [3.05, 3.63) is 26.9 Å². The van der Waals surface area contributed by atoms with Gasteiger partial charge in [-0.2, -0.15) is 12.6 Å². The van der Waals surface area contributed by atoms with Gasteiger partial charge in [0.25, 0.3) is 0 Å². The molecule has 1 N–H and O–H groups in total. The Kier molecular flexibility index (Phi) is 13.3. The van der Waals surface area contributed by atoms with Crippen LogP contribution in [0.25, 0.3) is 0 Å². The average Bonchev–Trinajstić information content (AvgIpc) is 3.15. The summed E-state index contributed by atoms with van der Waals surface area (Å²) in [7, 11) is 0. The van der Waals surface area contributed by atoms with Gasteiger partial charge in [-0.1, -0.05) is 70.0 Å². The molecule has 1 aliphatic heterocycles. The number of aromatic nitrogens is 2. The van der Waals surface area contributed by atoms with Crippen LogP contribution in [0.2, 0.25) is 0 Å². The van der Waals surface area contributed by atoms with Gasteiger partial charge in [0.05, 0.1) is 0 Å². The Morgan fingerprint density at radius 3 is 2.33 bits per heavy atom. The number of H-pyrrole nitrogens is 1. The Bertz CT molecular complexity index is 829. The number of ether oxygens (including phenoxy) is 2. The minimum atomic E-state index is -1.30. The molecule has 0 amide bonds. The summed E-state index contributed by atoms with van der Waals surface area (Å²) in [4.78, 5) is 26.7. The first-order chi connectivity index (χ1) is 15.9. The average molecular weight is 503 g/mol. The molecule has 1 fully saturated rings. The fourth-order valence-electron chi connectivity index (χ4n) is 4.03. The topological polar surface area (TPSA) is 73.3 Å². The zero-order chi connectivity index (χ0) is 24.1. The van der Waals surface area contributed by atoms with Crippen molar-refractivity contribution in [2.75, 3.05) is 12.4 Å². The molecule has 0 radical (unpaired) electrons. The highest BCUT2D eigenvalue weighted by atomic mass is 32.1. The predicted octanol–water partition coefficient (Wildman–Crippen LogP) is 5.99. The molecule has 0 unspecified atom stereocenters. The fourth-order valence-corrected chi connectivity index (χ4v) is 4.39. The number of unbranched alkanes of at least 4 members (excludes halogenated alkanes) is 10. The summed E-state index contributed by atoms with van der Waals surface area (Å²) < 4.78 is 26.9. The summed E-state index contributed by atoms with van der Waals surface area (Å²) in [5.41, 5.74) is 0.267. The van der Waals surface area contributed by atoms with Gasteiger partial charge in [-0.05, 0) is 25.5 Å². The molecular weight excluding hydrogens is 463 g/mol. The van der Waals surface area contributed by atoms with Crippen LogP contribution in [-0.4, -0.2) is 40.2 Å². The number of nitrogens with one attached hydrogen (secondary N) is 1. The van der Waals surface area contributed by atoms with Gasteiger partial charge in [0.15, 0.2) is 0 Å². The molecule has 2 rings (SSSR count). The van der Waals surface area contributed by atoms with E-state index in [-0.39, 0.29) is 19.0 Å². The van der Waals surface area contributed by atoms with Crippen molar-refractivity contribution < 1.29 is 18.7 Å². The highest BCUT2D eigenvalue weighted by Gasteiger charge is 2.37. The smallest absolute Gasteiger partial charge is 0.328 e. The van der Waals surface area contributed by atoms with Crippen molar-refractivity contribution in [1.29, 1.82) is 0 Å². The van der Waals surface area contributed by atoms with Gasteiger partial charge in [0.1, 0.15) is 29.8 Å². The first-order valence-electron chi connectivity index (χ1n) is 12.3. The number of thiol groups is 1. The van der Waals surface area contributed by atoms with Gasteiger partial charge in [0.2, 0.25) is 0 Å². The van der Waals surface area contributed by atoms with E-state index in [9.17, 15) is 14.0 Å². The van der Waals surface area contributed by atoms with Crippen molar-refractivity contribution in [2.24, 2.45) is 0 Å². The molecule has 188 valence electrons. The van der Waals surface area contributed by atoms with Crippen molar-refractivity contribution in [3.63, 3.8) is 0 Å². The van der Waals surface area contributed by atoms with E-state index in [1.165, 1.54) is 55.9 Å². The van der Waals surface area contributed by atoms with Gasteiger partial charge in [0, 0.05) is 24.6 Å². The molecule has 6 nitrogen and oxygen atoms in total. The number of nitrogens with zero attached hydrogens (tertiary/aromatic N) is 1. The number of hydrogen-bond acceptors (Lipinski definition) is 6. The van der Waals surface area contributed by atoms with E-state index < -0.39 is 24.2 Å². The molecule has 2 heterocycles. The SMILES string of the molecule is Cc1cn([C@H]2C[C@H](F)[C@@H](COC(=O)CCCCCCCCCCCCCS)O2)c(=O)[nH]c1=S. The summed E-state index contributed by atoms with van der Waals surface area (Å²) in [5, 5.41) is 0. The zero-order valence-corrected chi connectivity index (χ0v) is 21.4. The highest BCUT2D eigenvalue weighted by Crippen LogP contribution is 2.30. The number of carbonyl (C=O) groups excluding carboxylic acids is 1. The molecule has 0 spiro atoms. The molecule has 1 aromatic rings. The third-order valence-corrected chi connectivity index (χ3v) is 6.81. The van der Waals surface area contributed by atoms with Gasteiger partial charge in [-0.25, -0.2) is 9.18 Å². The molecule has 9 heteroatoms. The van der Waals surface area contributed by atoms with Gasteiger partial charge >= 0.3 is 11.7 Å². The summed E-state index contributed by atoms with van der Waals surface area (Å²) in [6.07, 6.45) is 12.1. The van der Waals surface area contributed by atoms with Crippen LogP contribution < -0.4 is 5.69 Å². The maximum Gasteiger partial charge on any atom is 0.328 e. The van der Waals surface area contributed by atoms with E-state index >= 15 is 0 Å². The van der Waals surface area contributed by atoms with Gasteiger partial charge in [-0.15, -0.1) is 0 Å². The molecule has 1 aliphatic rings. The first-order valence-corrected chi connectivity index (χ1v) is 13.3. The fraction of sp³-hybridized carbons (Fsp3) is 0.792. The third-order valence-electron chi connectivity index (χ3n) is 6.07. The monoisotopic (exact) mass is 502 g/mol. The number of alkyl halides is 1. The van der Waals surface area contributed by atoms with Gasteiger partial charge in [-0.3, -0.25) is 14.3 Å². The molecular formula is C24H39FN2O4S2. The number of rotatable bonds is 16. The summed E-state index contributed by atoms with van der Waals surface area (Å²) in [6.45, 7) is 1.63. The van der Waals surface area contributed by atoms with E-state index in [1.807, 2.05) is 0 Å². The lowest BCUT2D eigenvalue weighted by Crippen LogP contribution is -2.28. The molecule has 0 aromatic carbocycles. The molecule has 0 saturated carbocycles. The first kappa shape index (κ1) is 28.1. The second-order valence-electron chi connectivity index (χ2n) is 8.91. The summed E-state index contributed by atoms with van der Waals surface area (Å²) >= 11 is 9.27. The molecule has 33 heavy (non-hydrogen) atoms. The second-order valence-corrected chi connectivity index (χ2v) is 9.76. The maximum absolute atomic E-state index is 14.4. The van der Waals surface area contributed by atoms with Crippen LogP contribution in [0.4, 0.5) is 4.39 Å². The Morgan fingerprint density at radius 1 is 1.15 bits per heavy atom. The normalized spacial score (nSPS) is 20.3. The van der Waals surface area contributed by atoms with Crippen LogP contribution in [0.1, 0.15) is 95.3 Å². The number of aryl methyl sites for hydroxylation is 1. The summed E-state index contributed by atoms with van der Waals surface area (Å²) in [6, 6.07) is 0. The molecule has 1 saturated heterocycles. The Morgan fingerprint density at radius 2 is 1.73 bits per heavy atom. The van der Waals surface area contributed by atoms with E-state index in [0.717, 1.165) is 25.0 Å². The van der Waals surface area contributed by atoms with E-state index in [2.05, 4.69) is 17.6 Å². The van der Waals surface area contributed by atoms with E-state index in [1.54, 1.807) is 13.1 Å². The second kappa shape index (κ2) is 15.7. The third kappa shape index (κ3) is 10.3. The molecule has 1 aromatic heterocycles. The lowest BCUT2D eigenvalue weighted by atomic mass is 10.1. The number of halogens is 1. The van der Waals surface area contributed by atoms with Crippen LogP contribution in [0.3, 0.4) is 0 Å². The van der Waals surface area contributed by atoms with E-state index in [0.29, 0.717) is 16.6 Å². The van der Waals surface area contributed by atoms with Crippen molar-refractivity contribution in [3.8, 4) is 0 Å². The Hall–Kier alpha value is -1.19. The van der Waals surface area contributed by atoms with Crippen LogP contribution in [0.15, 0.2) is 11.0 Å². The molecule has 0 bridgehead atoms. The standard InChI is InChI=1S/C24H39FN2O4S2/c1-18-16-27(24(29)26-23(18)33)21-15-19(25)20(31-21)17-30-22(28)13-11-9-7-5-3-2-4-6-8-10-12-14-32/h16,19-21,32H,2-15,17H2,1H3,(H,26,29,33)/t19-,20+,21+/m0/s1. The number of esters is 1. The summed E-state index contributed by atoms with van der Waals surface area (Å²) in [5.74, 6) is 0.664. The number of hydrogen-bond donors (Lipinski definition) is 2. The van der Waals surface area contributed by atoms with Crippen molar-refractivity contribution in [1.82, 2.24) is 9.55 Å². The Labute approximate surface area is 207 Å². The lowest BCUT2D eigenvalue weighted by molar-refractivity contribution is -0.149. The van der Waals surface area contributed by atoms with Crippen LogP contribution >= 0.6 is 24.8 Å². The minimum Gasteiger partial charge on any atom is -0.463 e. The highest BCUT2D eigenvalue weighted by molar-refractivity contribution is 7.80. The van der Waals surface area contributed by atoms with E-state index in [4.69, 9.17) is 21.7 Å². The van der Waals surface area contributed by atoms with Crippen LogP contribution in [-0.2, 0) is 14.3 Å². The quantitative estimate of drug-likeness (QED) is 0.126. The van der Waals surface area contributed by atoms with Gasteiger partial charge < -0.3 is 9.47 Å². The van der Waals surface area contributed by atoms with Crippen LogP contribution in [0.5, 0.6) is 0 Å². The molecule has 0 aliphatic carbocycles. The lowest BCUT2D eigenvalue weighted by Gasteiger charge is -2.16. The molecule has 3 atom stereocenters. The number of aromatic amines is 1. The predicted molar refractivity (Wildman–Crippen MR) is 134 cm³/mol. The van der Waals surface area contributed by atoms with Crippen LogP contribution in [0, 0.1) is 11.6 Å². The number of carbonyl (C=O) groups is 1. The maximum atomic E-state index is 14.4. The largest absolute Gasteiger partial charge is 0.463 e.